The molecule has 0 atom stereocenters. The molecule has 0 heterocycles. The molecule has 1 rings (SSSR count). The van der Waals surface area contributed by atoms with E-state index < -0.39 is 0 Å². The van der Waals surface area contributed by atoms with E-state index in [1.807, 2.05) is 6.92 Å². The quantitative estimate of drug-likeness (QED) is 0.191. The first-order valence-corrected chi connectivity index (χ1v) is 4.57. The zero-order valence-electron chi connectivity index (χ0n) is 8.51. The molecule has 0 amide bonds. The number of hydrogen-bond donors (Lipinski definition) is 2. The van der Waals surface area contributed by atoms with Crippen LogP contribution in [0.1, 0.15) is 12.5 Å². The SMILES string of the molecule is CCOCOc1ccccc1C(N)=NO. The molecular weight excluding hydrogens is 196 g/mol. The lowest BCUT2D eigenvalue weighted by molar-refractivity contribution is 0.0223. The van der Waals surface area contributed by atoms with Gasteiger partial charge in [-0.3, -0.25) is 0 Å². The molecule has 0 radical (unpaired) electrons. The van der Waals surface area contributed by atoms with Gasteiger partial charge in [-0.25, -0.2) is 0 Å². The van der Waals surface area contributed by atoms with E-state index in [2.05, 4.69) is 5.16 Å². The number of oxime groups is 1. The van der Waals surface area contributed by atoms with Crippen molar-refractivity contribution in [2.75, 3.05) is 13.4 Å². The third kappa shape index (κ3) is 3.14. The van der Waals surface area contributed by atoms with Gasteiger partial charge in [-0.1, -0.05) is 17.3 Å². The van der Waals surface area contributed by atoms with Crippen molar-refractivity contribution in [1.29, 1.82) is 0 Å². The summed E-state index contributed by atoms with van der Waals surface area (Å²) >= 11 is 0. The summed E-state index contributed by atoms with van der Waals surface area (Å²) in [7, 11) is 0. The minimum Gasteiger partial charge on any atom is -0.467 e. The smallest absolute Gasteiger partial charge is 0.189 e. The Labute approximate surface area is 88.1 Å². The highest BCUT2D eigenvalue weighted by molar-refractivity contribution is 5.99. The summed E-state index contributed by atoms with van der Waals surface area (Å²) in [5.41, 5.74) is 6.02. The topological polar surface area (TPSA) is 77.1 Å². The number of rotatable bonds is 5. The third-order valence-electron chi connectivity index (χ3n) is 1.77. The Bertz CT molecular complexity index is 339. The van der Waals surface area contributed by atoms with Crippen LogP contribution in [-0.4, -0.2) is 24.4 Å². The number of para-hydroxylation sites is 1. The molecule has 15 heavy (non-hydrogen) atoms. The molecule has 5 nitrogen and oxygen atoms in total. The molecular formula is C10H14N2O3. The number of benzene rings is 1. The number of nitrogens with zero attached hydrogens (tertiary/aromatic N) is 1. The predicted octanol–water partition coefficient (Wildman–Crippen LogP) is 1.15. The molecule has 0 aliphatic heterocycles. The molecule has 82 valence electrons. The minimum atomic E-state index is 0.0158. The molecule has 0 saturated carbocycles. The van der Waals surface area contributed by atoms with Gasteiger partial charge in [-0.05, 0) is 19.1 Å². The molecule has 0 aromatic heterocycles. The van der Waals surface area contributed by atoms with Crippen molar-refractivity contribution in [2.45, 2.75) is 6.92 Å². The summed E-state index contributed by atoms with van der Waals surface area (Å²) < 4.78 is 10.3. The van der Waals surface area contributed by atoms with Crippen LogP contribution in [-0.2, 0) is 4.74 Å². The molecule has 1 aromatic rings. The highest BCUT2D eigenvalue weighted by atomic mass is 16.7. The maximum absolute atomic E-state index is 8.56. The van der Waals surface area contributed by atoms with Crippen LogP contribution in [0.25, 0.3) is 0 Å². The van der Waals surface area contributed by atoms with Gasteiger partial charge in [0, 0.05) is 6.61 Å². The Balaban J connectivity index is 2.77. The molecule has 0 spiro atoms. The van der Waals surface area contributed by atoms with Crippen LogP contribution in [0.15, 0.2) is 29.4 Å². The zero-order valence-corrected chi connectivity index (χ0v) is 8.51. The van der Waals surface area contributed by atoms with Crippen LogP contribution in [0, 0.1) is 0 Å². The fourth-order valence-electron chi connectivity index (χ4n) is 1.05. The highest BCUT2D eigenvalue weighted by Gasteiger charge is 2.06. The molecule has 0 aliphatic carbocycles. The average Bonchev–Trinajstić information content (AvgIpc) is 2.29. The zero-order chi connectivity index (χ0) is 11.1. The van der Waals surface area contributed by atoms with E-state index in [-0.39, 0.29) is 12.6 Å². The molecule has 0 unspecified atom stereocenters. The summed E-state index contributed by atoms with van der Waals surface area (Å²) in [4.78, 5) is 0. The Morgan fingerprint density at radius 2 is 2.20 bits per heavy atom. The van der Waals surface area contributed by atoms with E-state index in [1.165, 1.54) is 0 Å². The Morgan fingerprint density at radius 3 is 2.87 bits per heavy atom. The van der Waals surface area contributed by atoms with Gasteiger partial charge in [0.15, 0.2) is 12.6 Å². The standard InChI is InChI=1S/C10H14N2O3/c1-2-14-7-15-9-6-4-3-5-8(9)10(11)12-13/h3-6,13H,2,7H2,1H3,(H2,11,12). The molecule has 0 aliphatic rings. The van der Waals surface area contributed by atoms with E-state index in [0.717, 1.165) is 0 Å². The monoisotopic (exact) mass is 210 g/mol. The Kier molecular flexibility index (Phi) is 4.43. The lowest BCUT2D eigenvalue weighted by atomic mass is 10.2. The summed E-state index contributed by atoms with van der Waals surface area (Å²) in [6.07, 6.45) is 0. The Morgan fingerprint density at radius 1 is 1.47 bits per heavy atom. The van der Waals surface area contributed by atoms with Crippen molar-refractivity contribution < 1.29 is 14.7 Å². The van der Waals surface area contributed by atoms with Gasteiger partial charge >= 0.3 is 0 Å². The number of ether oxygens (including phenoxy) is 2. The second-order valence-electron chi connectivity index (χ2n) is 2.74. The van der Waals surface area contributed by atoms with Crippen LogP contribution in [0.3, 0.4) is 0 Å². The lowest BCUT2D eigenvalue weighted by Gasteiger charge is -2.09. The van der Waals surface area contributed by atoms with Crippen molar-refractivity contribution in [3.05, 3.63) is 29.8 Å². The van der Waals surface area contributed by atoms with Gasteiger partial charge in [-0.2, -0.15) is 0 Å². The molecule has 5 heteroatoms. The largest absolute Gasteiger partial charge is 0.467 e. The molecule has 0 saturated heterocycles. The number of nitrogens with two attached hydrogens (primary N) is 1. The third-order valence-corrected chi connectivity index (χ3v) is 1.77. The second kappa shape index (κ2) is 5.87. The minimum absolute atomic E-state index is 0.0158. The first-order valence-electron chi connectivity index (χ1n) is 4.57. The fraction of sp³-hybridized carbons (Fsp3) is 0.300. The first kappa shape index (κ1) is 11.3. The van der Waals surface area contributed by atoms with Crippen LogP contribution >= 0.6 is 0 Å². The van der Waals surface area contributed by atoms with Gasteiger partial charge < -0.3 is 20.4 Å². The molecule has 3 N–H and O–H groups in total. The van der Waals surface area contributed by atoms with Crippen LogP contribution < -0.4 is 10.5 Å². The fourth-order valence-corrected chi connectivity index (χ4v) is 1.05. The van der Waals surface area contributed by atoms with E-state index >= 15 is 0 Å². The number of hydrogen-bond acceptors (Lipinski definition) is 4. The van der Waals surface area contributed by atoms with Gasteiger partial charge in [0.25, 0.3) is 0 Å². The van der Waals surface area contributed by atoms with Crippen molar-refractivity contribution in [2.24, 2.45) is 10.9 Å². The molecule has 0 bridgehead atoms. The molecule has 1 aromatic carbocycles. The second-order valence-corrected chi connectivity index (χ2v) is 2.74. The van der Waals surface area contributed by atoms with Crippen LogP contribution in [0.4, 0.5) is 0 Å². The van der Waals surface area contributed by atoms with Gasteiger partial charge in [-0.15, -0.1) is 0 Å². The first-order chi connectivity index (χ1) is 7.29. The van der Waals surface area contributed by atoms with Crippen LogP contribution in [0.5, 0.6) is 5.75 Å². The van der Waals surface area contributed by atoms with E-state index in [4.69, 9.17) is 20.4 Å². The van der Waals surface area contributed by atoms with E-state index in [9.17, 15) is 0 Å². The maximum Gasteiger partial charge on any atom is 0.189 e. The van der Waals surface area contributed by atoms with Gasteiger partial charge in [0.1, 0.15) is 5.75 Å². The van der Waals surface area contributed by atoms with E-state index in [1.54, 1.807) is 24.3 Å². The van der Waals surface area contributed by atoms with Crippen molar-refractivity contribution >= 4 is 5.84 Å². The van der Waals surface area contributed by atoms with Crippen molar-refractivity contribution in [3.8, 4) is 5.75 Å². The highest BCUT2D eigenvalue weighted by Crippen LogP contribution is 2.17. The van der Waals surface area contributed by atoms with Crippen molar-refractivity contribution in [3.63, 3.8) is 0 Å². The summed E-state index contributed by atoms with van der Waals surface area (Å²) in [6, 6.07) is 7.01. The summed E-state index contributed by atoms with van der Waals surface area (Å²) in [5, 5.41) is 11.5. The van der Waals surface area contributed by atoms with E-state index in [0.29, 0.717) is 17.9 Å². The summed E-state index contributed by atoms with van der Waals surface area (Å²) in [5.74, 6) is 0.545. The lowest BCUT2D eigenvalue weighted by Crippen LogP contribution is -2.15. The van der Waals surface area contributed by atoms with Crippen molar-refractivity contribution in [1.82, 2.24) is 0 Å². The number of amidine groups is 1. The van der Waals surface area contributed by atoms with Gasteiger partial charge in [0.2, 0.25) is 0 Å². The molecule has 0 fully saturated rings. The van der Waals surface area contributed by atoms with Gasteiger partial charge in [0.05, 0.1) is 5.56 Å². The normalized spacial score (nSPS) is 11.4. The maximum atomic E-state index is 8.56. The summed E-state index contributed by atoms with van der Waals surface area (Å²) in [6.45, 7) is 2.59. The average molecular weight is 210 g/mol. The Hall–Kier alpha value is -1.75. The predicted molar refractivity (Wildman–Crippen MR) is 56.1 cm³/mol. The van der Waals surface area contributed by atoms with Crippen LogP contribution in [0.2, 0.25) is 0 Å².